The predicted octanol–water partition coefficient (Wildman–Crippen LogP) is 4.19. The zero-order valence-corrected chi connectivity index (χ0v) is 9.74. The summed E-state index contributed by atoms with van der Waals surface area (Å²) in [5, 5.41) is 9.71. The van der Waals surface area contributed by atoms with Crippen LogP contribution in [0.5, 0.6) is 0 Å². The zero-order chi connectivity index (χ0) is 10.3. The Bertz CT molecular complexity index is 224. The molecule has 1 aromatic heterocycles. The summed E-state index contributed by atoms with van der Waals surface area (Å²) in [5.74, 6) is 0.588. The zero-order valence-electron chi connectivity index (χ0n) is 8.92. The Morgan fingerprint density at radius 1 is 1.46 bits per heavy atom. The third kappa shape index (κ3) is 4.83. The molecule has 2 heteroatoms. The summed E-state index contributed by atoms with van der Waals surface area (Å²) < 4.78 is 0. The van der Waals surface area contributed by atoms with E-state index >= 15 is 0 Å². The first-order chi connectivity index (χ1) is 6.20. The molecule has 1 rings (SSSR count). The number of thiophene rings is 1. The first-order valence-corrected chi connectivity index (χ1v) is 5.69. The Morgan fingerprint density at radius 2 is 2.08 bits per heavy atom. The minimum absolute atomic E-state index is 0.588. The summed E-state index contributed by atoms with van der Waals surface area (Å²) in [6.07, 6.45) is 0.889. The van der Waals surface area contributed by atoms with Gasteiger partial charge in [-0.15, -0.1) is 11.3 Å². The molecule has 0 fully saturated rings. The summed E-state index contributed by atoms with van der Waals surface area (Å²) in [5.41, 5.74) is 0.773. The molecule has 0 aliphatic rings. The number of rotatable bonds is 3. The molecule has 1 heterocycles. The van der Waals surface area contributed by atoms with Crippen LogP contribution in [0.4, 0.5) is 0 Å². The minimum Gasteiger partial charge on any atom is -0.304 e. The van der Waals surface area contributed by atoms with E-state index in [-0.39, 0.29) is 0 Å². The van der Waals surface area contributed by atoms with E-state index in [2.05, 4.69) is 13.8 Å². The Morgan fingerprint density at radius 3 is 2.46 bits per heavy atom. The van der Waals surface area contributed by atoms with E-state index in [1.165, 1.54) is 0 Å². The van der Waals surface area contributed by atoms with E-state index in [1.54, 1.807) is 11.3 Å². The van der Waals surface area contributed by atoms with Crippen molar-refractivity contribution in [3.63, 3.8) is 0 Å². The highest BCUT2D eigenvalue weighted by Gasteiger charge is 2.03. The van der Waals surface area contributed by atoms with Crippen LogP contribution in [-0.4, -0.2) is 5.71 Å². The van der Waals surface area contributed by atoms with Gasteiger partial charge in [-0.05, 0) is 23.8 Å². The number of hydrogen-bond acceptors (Lipinski definition) is 2. The van der Waals surface area contributed by atoms with E-state index in [0.29, 0.717) is 5.92 Å². The molecule has 0 saturated heterocycles. The summed E-state index contributed by atoms with van der Waals surface area (Å²) in [4.78, 5) is 1.11. The molecule has 0 atom stereocenters. The van der Waals surface area contributed by atoms with Gasteiger partial charge in [0.05, 0.1) is 0 Å². The van der Waals surface area contributed by atoms with Crippen LogP contribution in [0.25, 0.3) is 0 Å². The lowest BCUT2D eigenvalue weighted by Crippen LogP contribution is -2.00. The number of nitrogens with one attached hydrogen (secondary N) is 1. The van der Waals surface area contributed by atoms with Gasteiger partial charge >= 0.3 is 0 Å². The minimum atomic E-state index is 0.588. The van der Waals surface area contributed by atoms with Crippen molar-refractivity contribution in [3.05, 3.63) is 22.4 Å². The molecule has 1 nitrogen and oxygen atoms in total. The maximum Gasteiger partial charge on any atom is 0.0488 e. The van der Waals surface area contributed by atoms with Gasteiger partial charge in [0.2, 0.25) is 0 Å². The largest absolute Gasteiger partial charge is 0.304 e. The van der Waals surface area contributed by atoms with Crippen LogP contribution in [0.2, 0.25) is 0 Å². The van der Waals surface area contributed by atoms with Crippen molar-refractivity contribution >= 4 is 17.0 Å². The van der Waals surface area contributed by atoms with Crippen molar-refractivity contribution in [1.29, 1.82) is 5.41 Å². The van der Waals surface area contributed by atoms with Crippen molar-refractivity contribution in [2.45, 2.75) is 34.1 Å². The SMILES string of the molecule is CC.CC(C)CC(=N)c1cccs1. The number of hydrogen-bond donors (Lipinski definition) is 1. The maximum absolute atomic E-state index is 7.69. The fraction of sp³-hybridized carbons (Fsp3) is 0.545. The van der Waals surface area contributed by atoms with Crippen LogP contribution in [0.1, 0.15) is 39.0 Å². The van der Waals surface area contributed by atoms with Crippen LogP contribution < -0.4 is 0 Å². The van der Waals surface area contributed by atoms with Crippen LogP contribution >= 0.6 is 11.3 Å². The predicted molar refractivity (Wildman–Crippen MR) is 62.0 cm³/mol. The lowest BCUT2D eigenvalue weighted by atomic mass is 10.1. The molecule has 74 valence electrons. The Kier molecular flexibility index (Phi) is 6.51. The molecule has 0 aliphatic carbocycles. The van der Waals surface area contributed by atoms with E-state index in [1.807, 2.05) is 31.4 Å². The summed E-state index contributed by atoms with van der Waals surface area (Å²) in [7, 11) is 0. The Labute approximate surface area is 85.3 Å². The third-order valence-corrected chi connectivity index (χ3v) is 2.36. The van der Waals surface area contributed by atoms with Gasteiger partial charge < -0.3 is 5.41 Å². The molecule has 0 unspecified atom stereocenters. The average Bonchev–Trinajstić information content (AvgIpc) is 2.58. The van der Waals surface area contributed by atoms with E-state index in [0.717, 1.165) is 17.0 Å². The van der Waals surface area contributed by atoms with E-state index in [4.69, 9.17) is 5.41 Å². The molecule has 0 radical (unpaired) electrons. The molecule has 0 aromatic carbocycles. The van der Waals surface area contributed by atoms with Crippen molar-refractivity contribution in [2.75, 3.05) is 0 Å². The summed E-state index contributed by atoms with van der Waals surface area (Å²) in [6.45, 7) is 8.28. The molecule has 13 heavy (non-hydrogen) atoms. The van der Waals surface area contributed by atoms with Gasteiger partial charge in [0, 0.05) is 10.6 Å². The van der Waals surface area contributed by atoms with Crippen molar-refractivity contribution in [3.8, 4) is 0 Å². The van der Waals surface area contributed by atoms with Gasteiger partial charge in [-0.3, -0.25) is 0 Å². The Hall–Kier alpha value is -0.630. The molecule has 0 aliphatic heterocycles. The molecular formula is C11H19NS. The van der Waals surface area contributed by atoms with Gasteiger partial charge in [0.15, 0.2) is 0 Å². The van der Waals surface area contributed by atoms with Crippen molar-refractivity contribution < 1.29 is 0 Å². The van der Waals surface area contributed by atoms with Crippen LogP contribution in [-0.2, 0) is 0 Å². The van der Waals surface area contributed by atoms with Gasteiger partial charge in [-0.2, -0.15) is 0 Å². The lowest BCUT2D eigenvalue weighted by molar-refractivity contribution is 0.683. The van der Waals surface area contributed by atoms with Crippen molar-refractivity contribution in [2.24, 2.45) is 5.92 Å². The second kappa shape index (κ2) is 6.84. The average molecular weight is 197 g/mol. The van der Waals surface area contributed by atoms with Gasteiger partial charge in [-0.25, -0.2) is 0 Å². The highest BCUT2D eigenvalue weighted by Crippen LogP contribution is 2.13. The molecule has 1 aromatic rings. The summed E-state index contributed by atoms with van der Waals surface area (Å²) in [6, 6.07) is 4.00. The highest BCUT2D eigenvalue weighted by molar-refractivity contribution is 7.12. The highest BCUT2D eigenvalue weighted by atomic mass is 32.1. The quantitative estimate of drug-likeness (QED) is 0.703. The first kappa shape index (κ1) is 12.4. The first-order valence-electron chi connectivity index (χ1n) is 4.81. The maximum atomic E-state index is 7.69. The Balaban J connectivity index is 0.000000671. The van der Waals surface area contributed by atoms with Crippen LogP contribution in [0.3, 0.4) is 0 Å². The normalized spacial score (nSPS) is 9.31. The second-order valence-corrected chi connectivity index (χ2v) is 4.00. The van der Waals surface area contributed by atoms with Gasteiger partial charge in [0.25, 0.3) is 0 Å². The van der Waals surface area contributed by atoms with Gasteiger partial charge in [-0.1, -0.05) is 33.8 Å². The third-order valence-electron chi connectivity index (χ3n) is 1.43. The molecule has 0 saturated carbocycles. The standard InChI is InChI=1S/C9H13NS.C2H6/c1-7(2)6-8(10)9-4-3-5-11-9;1-2/h3-5,7,10H,6H2,1-2H3;1-2H3. The topological polar surface area (TPSA) is 23.9 Å². The summed E-state index contributed by atoms with van der Waals surface area (Å²) >= 11 is 1.65. The molecular weight excluding hydrogens is 178 g/mol. The molecule has 0 spiro atoms. The fourth-order valence-electron chi connectivity index (χ4n) is 0.959. The molecule has 0 bridgehead atoms. The van der Waals surface area contributed by atoms with E-state index < -0.39 is 0 Å². The van der Waals surface area contributed by atoms with Crippen molar-refractivity contribution in [1.82, 2.24) is 0 Å². The molecule has 1 N–H and O–H groups in total. The monoisotopic (exact) mass is 197 g/mol. The fourth-order valence-corrected chi connectivity index (χ4v) is 1.65. The lowest BCUT2D eigenvalue weighted by Gasteiger charge is -2.03. The smallest absolute Gasteiger partial charge is 0.0488 e. The second-order valence-electron chi connectivity index (χ2n) is 3.05. The van der Waals surface area contributed by atoms with Gasteiger partial charge in [0.1, 0.15) is 0 Å². The molecule has 0 amide bonds. The van der Waals surface area contributed by atoms with E-state index in [9.17, 15) is 0 Å². The van der Waals surface area contributed by atoms with Crippen LogP contribution in [0, 0.1) is 11.3 Å². The van der Waals surface area contributed by atoms with Crippen LogP contribution in [0.15, 0.2) is 17.5 Å².